The Labute approximate surface area is 185 Å². The summed E-state index contributed by atoms with van der Waals surface area (Å²) in [6.07, 6.45) is 0.719. The van der Waals surface area contributed by atoms with Crippen molar-refractivity contribution in [3.8, 4) is 11.5 Å². The molecule has 1 aliphatic rings. The first kappa shape index (κ1) is 21.8. The second kappa shape index (κ2) is 9.36. The van der Waals surface area contributed by atoms with Crippen molar-refractivity contribution in [3.05, 3.63) is 89.0 Å². The molecular weight excluding hydrogens is 414 g/mol. The molecule has 0 radical (unpaired) electrons. The molecule has 1 amide bonds. The van der Waals surface area contributed by atoms with Gasteiger partial charge in [0.15, 0.2) is 11.5 Å². The molecule has 0 saturated carbocycles. The fraction of sp³-hybridized carbons (Fsp3) is 0.240. The van der Waals surface area contributed by atoms with Gasteiger partial charge in [-0.25, -0.2) is 8.78 Å². The molecule has 1 aliphatic heterocycles. The summed E-state index contributed by atoms with van der Waals surface area (Å²) in [5.41, 5.74) is 3.14. The molecule has 1 atom stereocenters. The number of fused-ring (bicyclic) bond motifs is 1. The van der Waals surface area contributed by atoms with Crippen LogP contribution in [0.2, 0.25) is 0 Å². The number of carbonyl (C=O) groups is 1. The van der Waals surface area contributed by atoms with Gasteiger partial charge >= 0.3 is 0 Å². The van der Waals surface area contributed by atoms with Gasteiger partial charge in [-0.1, -0.05) is 30.3 Å². The number of anilines is 1. The van der Waals surface area contributed by atoms with Crippen molar-refractivity contribution in [3.63, 3.8) is 0 Å². The van der Waals surface area contributed by atoms with Crippen molar-refractivity contribution in [2.75, 3.05) is 32.6 Å². The predicted molar refractivity (Wildman–Crippen MR) is 118 cm³/mol. The van der Waals surface area contributed by atoms with E-state index in [4.69, 9.17) is 9.47 Å². The van der Waals surface area contributed by atoms with Crippen molar-refractivity contribution >= 4 is 11.6 Å². The fourth-order valence-electron chi connectivity index (χ4n) is 4.16. The lowest BCUT2D eigenvalue weighted by Crippen LogP contribution is -2.41. The van der Waals surface area contributed by atoms with Gasteiger partial charge in [0.2, 0.25) is 5.91 Å². The minimum atomic E-state index is -0.807. The number of halogens is 2. The summed E-state index contributed by atoms with van der Waals surface area (Å²) in [7, 11) is 3.19. The van der Waals surface area contributed by atoms with Gasteiger partial charge in [0.05, 0.1) is 32.5 Å². The zero-order valence-corrected chi connectivity index (χ0v) is 17.9. The third-order valence-corrected chi connectivity index (χ3v) is 5.64. The van der Waals surface area contributed by atoms with E-state index in [2.05, 4.69) is 5.32 Å². The number of hydrogen-bond donors (Lipinski definition) is 1. The number of rotatable bonds is 6. The molecule has 0 aliphatic carbocycles. The van der Waals surface area contributed by atoms with E-state index in [9.17, 15) is 13.6 Å². The first-order valence-corrected chi connectivity index (χ1v) is 10.3. The number of benzene rings is 3. The predicted octanol–water partition coefficient (Wildman–Crippen LogP) is 4.57. The third-order valence-electron chi connectivity index (χ3n) is 5.64. The van der Waals surface area contributed by atoms with Gasteiger partial charge in [-0.15, -0.1) is 0 Å². The first-order chi connectivity index (χ1) is 15.5. The van der Waals surface area contributed by atoms with E-state index in [-0.39, 0.29) is 24.2 Å². The third kappa shape index (κ3) is 4.43. The van der Waals surface area contributed by atoms with E-state index in [1.165, 1.54) is 6.07 Å². The van der Waals surface area contributed by atoms with Crippen molar-refractivity contribution in [2.24, 2.45) is 0 Å². The van der Waals surface area contributed by atoms with E-state index in [1.807, 2.05) is 47.4 Å². The number of carbonyl (C=O) groups excluding carboxylic acids is 1. The summed E-state index contributed by atoms with van der Waals surface area (Å²) in [6.45, 7) is 0.672. The molecule has 0 fully saturated rings. The van der Waals surface area contributed by atoms with E-state index in [0.717, 1.165) is 35.2 Å². The molecule has 3 aromatic carbocycles. The minimum absolute atomic E-state index is 0.0449. The van der Waals surface area contributed by atoms with Crippen molar-refractivity contribution in [1.82, 2.24) is 4.90 Å². The Balaban J connectivity index is 1.65. The van der Waals surface area contributed by atoms with Crippen LogP contribution in [0.1, 0.15) is 22.7 Å². The topological polar surface area (TPSA) is 50.8 Å². The van der Waals surface area contributed by atoms with Gasteiger partial charge in [-0.2, -0.15) is 0 Å². The number of amides is 1. The summed E-state index contributed by atoms with van der Waals surface area (Å²) in [6, 6.07) is 16.7. The molecule has 32 heavy (non-hydrogen) atoms. The SMILES string of the molecule is COc1cc2c(cc1OC)C(c1ccccc1)N(CC(=O)Nc1ccc(F)cc1F)CC2. The largest absolute Gasteiger partial charge is 0.493 e. The van der Waals surface area contributed by atoms with Crippen LogP contribution in [-0.2, 0) is 11.2 Å². The van der Waals surface area contributed by atoms with Crippen LogP contribution in [0.5, 0.6) is 11.5 Å². The maximum Gasteiger partial charge on any atom is 0.238 e. The Morgan fingerprint density at radius 3 is 2.44 bits per heavy atom. The molecule has 166 valence electrons. The quantitative estimate of drug-likeness (QED) is 0.613. The highest BCUT2D eigenvalue weighted by atomic mass is 19.1. The van der Waals surface area contributed by atoms with Crippen LogP contribution in [0.25, 0.3) is 0 Å². The number of methoxy groups -OCH3 is 2. The Kier molecular flexibility index (Phi) is 6.37. The van der Waals surface area contributed by atoms with Crippen LogP contribution < -0.4 is 14.8 Å². The highest BCUT2D eigenvalue weighted by molar-refractivity contribution is 5.92. The maximum atomic E-state index is 14.0. The van der Waals surface area contributed by atoms with E-state index in [0.29, 0.717) is 18.0 Å². The molecule has 0 aromatic heterocycles. The monoisotopic (exact) mass is 438 g/mol. The van der Waals surface area contributed by atoms with E-state index in [1.54, 1.807) is 14.2 Å². The molecule has 1 N–H and O–H groups in total. The fourth-order valence-corrected chi connectivity index (χ4v) is 4.16. The van der Waals surface area contributed by atoms with E-state index >= 15 is 0 Å². The van der Waals surface area contributed by atoms with Crippen LogP contribution in [-0.4, -0.2) is 38.1 Å². The molecule has 3 aromatic rings. The summed E-state index contributed by atoms with van der Waals surface area (Å²) in [5, 5.41) is 2.55. The summed E-state index contributed by atoms with van der Waals surface area (Å²) in [4.78, 5) is 14.8. The average Bonchev–Trinajstić information content (AvgIpc) is 2.80. The molecule has 0 bridgehead atoms. The molecule has 7 heteroatoms. The maximum absolute atomic E-state index is 14.0. The standard InChI is InChI=1S/C25H24F2N2O3/c1-31-22-12-17-10-11-29(15-24(30)28-21-9-8-18(26)13-20(21)27)25(16-6-4-3-5-7-16)19(17)14-23(22)32-2/h3-9,12-14,25H,10-11,15H2,1-2H3,(H,28,30). The van der Waals surface area contributed by atoms with Gasteiger partial charge in [0.25, 0.3) is 0 Å². The van der Waals surface area contributed by atoms with Crippen LogP contribution in [0.4, 0.5) is 14.5 Å². The average molecular weight is 438 g/mol. The highest BCUT2D eigenvalue weighted by Crippen LogP contribution is 2.40. The lowest BCUT2D eigenvalue weighted by molar-refractivity contribution is -0.117. The van der Waals surface area contributed by atoms with Crippen molar-refractivity contribution < 1.29 is 23.0 Å². The van der Waals surface area contributed by atoms with Crippen LogP contribution >= 0.6 is 0 Å². The van der Waals surface area contributed by atoms with Crippen LogP contribution in [0.15, 0.2) is 60.7 Å². The summed E-state index contributed by atoms with van der Waals surface area (Å²) in [5.74, 6) is -0.594. The smallest absolute Gasteiger partial charge is 0.238 e. The molecular formula is C25H24F2N2O3. The second-order valence-electron chi connectivity index (χ2n) is 7.61. The zero-order valence-electron chi connectivity index (χ0n) is 17.9. The summed E-state index contributed by atoms with van der Waals surface area (Å²) >= 11 is 0. The number of ether oxygens (including phenoxy) is 2. The summed E-state index contributed by atoms with van der Waals surface area (Å²) < 4.78 is 38.1. The molecule has 1 unspecified atom stereocenters. The molecule has 0 saturated heterocycles. The Bertz CT molecular complexity index is 1120. The normalized spacial score (nSPS) is 15.7. The molecule has 4 rings (SSSR count). The minimum Gasteiger partial charge on any atom is -0.493 e. The molecule has 5 nitrogen and oxygen atoms in total. The zero-order chi connectivity index (χ0) is 22.7. The first-order valence-electron chi connectivity index (χ1n) is 10.3. The van der Waals surface area contributed by atoms with Gasteiger partial charge in [-0.3, -0.25) is 9.69 Å². The Hall–Kier alpha value is -3.45. The van der Waals surface area contributed by atoms with Gasteiger partial charge in [0, 0.05) is 12.6 Å². The Morgan fingerprint density at radius 2 is 1.75 bits per heavy atom. The molecule has 0 spiro atoms. The lowest BCUT2D eigenvalue weighted by atomic mass is 9.87. The van der Waals surface area contributed by atoms with Crippen LogP contribution in [0, 0.1) is 11.6 Å². The number of hydrogen-bond acceptors (Lipinski definition) is 4. The van der Waals surface area contributed by atoms with Gasteiger partial charge in [0.1, 0.15) is 11.6 Å². The lowest BCUT2D eigenvalue weighted by Gasteiger charge is -2.37. The van der Waals surface area contributed by atoms with Crippen LogP contribution in [0.3, 0.4) is 0 Å². The molecule has 1 heterocycles. The van der Waals surface area contributed by atoms with Crippen molar-refractivity contribution in [2.45, 2.75) is 12.5 Å². The number of nitrogens with one attached hydrogen (secondary N) is 1. The number of nitrogens with zero attached hydrogens (tertiary/aromatic N) is 1. The van der Waals surface area contributed by atoms with Gasteiger partial charge < -0.3 is 14.8 Å². The highest BCUT2D eigenvalue weighted by Gasteiger charge is 2.31. The van der Waals surface area contributed by atoms with Gasteiger partial charge in [-0.05, 0) is 47.4 Å². The second-order valence-corrected chi connectivity index (χ2v) is 7.61. The van der Waals surface area contributed by atoms with Crippen molar-refractivity contribution in [1.29, 1.82) is 0 Å². The van der Waals surface area contributed by atoms with E-state index < -0.39 is 11.6 Å². The Morgan fingerprint density at radius 1 is 1.03 bits per heavy atom.